The molecule has 0 bridgehead atoms. The fraction of sp³-hybridized carbons (Fsp3) is 0.538. The predicted molar refractivity (Wildman–Crippen MR) is 77.4 cm³/mol. The van der Waals surface area contributed by atoms with Crippen LogP contribution in [0.3, 0.4) is 0 Å². The Bertz CT molecular complexity index is 345. The van der Waals surface area contributed by atoms with E-state index < -0.39 is 0 Å². The second-order valence-corrected chi connectivity index (χ2v) is 4.30. The third kappa shape index (κ3) is 5.42. The molecular formula is C13H21N3OS. The van der Waals surface area contributed by atoms with Crippen LogP contribution >= 0.6 is 12.2 Å². The Labute approximate surface area is 114 Å². The number of methoxy groups -OCH3 is 1. The maximum Gasteiger partial charge on any atom is 0.169 e. The molecule has 1 heterocycles. The number of hydrogen-bond acceptors (Lipinski definition) is 3. The smallest absolute Gasteiger partial charge is 0.169 e. The fourth-order valence-electron chi connectivity index (χ4n) is 1.54. The van der Waals surface area contributed by atoms with Crippen LogP contribution in [0.1, 0.15) is 19.0 Å². The Kier molecular flexibility index (Phi) is 7.29. The molecule has 100 valence electrons. The summed E-state index contributed by atoms with van der Waals surface area (Å²) < 4.78 is 5.00. The number of thiocarbonyl (C=S) groups is 1. The number of hydrogen-bond donors (Lipinski definition) is 1. The second kappa shape index (κ2) is 8.83. The van der Waals surface area contributed by atoms with Gasteiger partial charge < -0.3 is 15.0 Å². The third-order valence-corrected chi connectivity index (χ3v) is 2.95. The SMILES string of the molecule is CCN(Cc1ccccn1)C(=S)NCCCOC. The van der Waals surface area contributed by atoms with Crippen molar-refractivity contribution in [2.24, 2.45) is 0 Å². The maximum absolute atomic E-state index is 5.37. The Morgan fingerprint density at radius 1 is 1.50 bits per heavy atom. The number of ether oxygens (including phenoxy) is 1. The van der Waals surface area contributed by atoms with Gasteiger partial charge in [0.05, 0.1) is 12.2 Å². The van der Waals surface area contributed by atoms with Crippen LogP contribution in [0.4, 0.5) is 0 Å². The molecule has 0 amide bonds. The van der Waals surface area contributed by atoms with Gasteiger partial charge in [-0.05, 0) is 37.7 Å². The van der Waals surface area contributed by atoms with Crippen LogP contribution < -0.4 is 5.32 Å². The van der Waals surface area contributed by atoms with E-state index in [0.717, 1.165) is 43.5 Å². The van der Waals surface area contributed by atoms with Crippen molar-refractivity contribution in [3.63, 3.8) is 0 Å². The summed E-state index contributed by atoms with van der Waals surface area (Å²) in [6.45, 7) is 5.29. The number of nitrogens with one attached hydrogen (secondary N) is 1. The third-order valence-electron chi connectivity index (χ3n) is 2.55. The lowest BCUT2D eigenvalue weighted by molar-refractivity contribution is 0.195. The number of rotatable bonds is 7. The van der Waals surface area contributed by atoms with E-state index in [9.17, 15) is 0 Å². The van der Waals surface area contributed by atoms with E-state index in [4.69, 9.17) is 17.0 Å². The molecule has 0 spiro atoms. The zero-order valence-electron chi connectivity index (χ0n) is 11.1. The molecule has 0 aliphatic rings. The summed E-state index contributed by atoms with van der Waals surface area (Å²) in [6.07, 6.45) is 2.76. The zero-order valence-corrected chi connectivity index (χ0v) is 11.9. The van der Waals surface area contributed by atoms with Gasteiger partial charge in [0, 0.05) is 33.0 Å². The van der Waals surface area contributed by atoms with Crippen LogP contribution in [-0.2, 0) is 11.3 Å². The van der Waals surface area contributed by atoms with Crippen molar-refractivity contribution in [3.05, 3.63) is 30.1 Å². The normalized spacial score (nSPS) is 10.1. The molecule has 0 unspecified atom stereocenters. The van der Waals surface area contributed by atoms with Crippen molar-refractivity contribution in [1.82, 2.24) is 15.2 Å². The Hall–Kier alpha value is -1.20. The first-order chi connectivity index (χ1) is 8.77. The Morgan fingerprint density at radius 2 is 2.33 bits per heavy atom. The van der Waals surface area contributed by atoms with Gasteiger partial charge in [0.25, 0.3) is 0 Å². The number of pyridine rings is 1. The van der Waals surface area contributed by atoms with Crippen LogP contribution in [0.15, 0.2) is 24.4 Å². The van der Waals surface area contributed by atoms with Crippen molar-refractivity contribution in [3.8, 4) is 0 Å². The van der Waals surface area contributed by atoms with Crippen molar-refractivity contribution >= 4 is 17.3 Å². The molecule has 0 atom stereocenters. The highest BCUT2D eigenvalue weighted by Crippen LogP contribution is 2.01. The summed E-state index contributed by atoms with van der Waals surface area (Å²) in [7, 11) is 1.71. The quantitative estimate of drug-likeness (QED) is 0.602. The van der Waals surface area contributed by atoms with Gasteiger partial charge >= 0.3 is 0 Å². The number of nitrogens with zero attached hydrogens (tertiary/aromatic N) is 2. The van der Waals surface area contributed by atoms with E-state index >= 15 is 0 Å². The van der Waals surface area contributed by atoms with E-state index in [-0.39, 0.29) is 0 Å². The topological polar surface area (TPSA) is 37.4 Å². The van der Waals surface area contributed by atoms with Crippen molar-refractivity contribution < 1.29 is 4.74 Å². The van der Waals surface area contributed by atoms with Crippen LogP contribution in [0.2, 0.25) is 0 Å². The molecule has 0 saturated carbocycles. The van der Waals surface area contributed by atoms with E-state index in [2.05, 4.69) is 22.1 Å². The van der Waals surface area contributed by atoms with Gasteiger partial charge in [-0.25, -0.2) is 0 Å². The van der Waals surface area contributed by atoms with Gasteiger partial charge in [-0.1, -0.05) is 6.07 Å². The first kappa shape index (κ1) is 14.9. The average Bonchev–Trinajstić information content (AvgIpc) is 2.42. The lowest BCUT2D eigenvalue weighted by Crippen LogP contribution is -2.39. The number of aromatic nitrogens is 1. The first-order valence-corrected chi connectivity index (χ1v) is 6.60. The molecule has 0 aromatic carbocycles. The lowest BCUT2D eigenvalue weighted by Gasteiger charge is -2.24. The molecule has 0 radical (unpaired) electrons. The summed E-state index contributed by atoms with van der Waals surface area (Å²) in [5.41, 5.74) is 1.03. The van der Waals surface area contributed by atoms with E-state index in [1.807, 2.05) is 18.2 Å². The molecule has 1 aromatic rings. The maximum atomic E-state index is 5.37. The Morgan fingerprint density at radius 3 is 2.94 bits per heavy atom. The average molecular weight is 267 g/mol. The van der Waals surface area contributed by atoms with Crippen LogP contribution in [0, 0.1) is 0 Å². The van der Waals surface area contributed by atoms with Gasteiger partial charge in [-0.2, -0.15) is 0 Å². The first-order valence-electron chi connectivity index (χ1n) is 6.19. The van der Waals surface area contributed by atoms with Crippen LogP contribution in [0.5, 0.6) is 0 Å². The Balaban J connectivity index is 2.38. The molecule has 1 rings (SSSR count). The van der Waals surface area contributed by atoms with Gasteiger partial charge in [-0.3, -0.25) is 4.98 Å². The van der Waals surface area contributed by atoms with E-state index in [1.54, 1.807) is 13.3 Å². The largest absolute Gasteiger partial charge is 0.385 e. The summed E-state index contributed by atoms with van der Waals surface area (Å²) in [5.74, 6) is 0. The van der Waals surface area contributed by atoms with E-state index in [1.165, 1.54) is 0 Å². The lowest BCUT2D eigenvalue weighted by atomic mass is 10.3. The highest BCUT2D eigenvalue weighted by molar-refractivity contribution is 7.80. The highest BCUT2D eigenvalue weighted by Gasteiger charge is 2.07. The van der Waals surface area contributed by atoms with Gasteiger partial charge in [0.2, 0.25) is 0 Å². The van der Waals surface area contributed by atoms with Crippen molar-refractivity contribution in [1.29, 1.82) is 0 Å². The second-order valence-electron chi connectivity index (χ2n) is 3.91. The van der Waals surface area contributed by atoms with Crippen molar-refractivity contribution in [2.45, 2.75) is 19.9 Å². The van der Waals surface area contributed by atoms with Crippen molar-refractivity contribution in [2.75, 3.05) is 26.8 Å². The summed E-state index contributed by atoms with van der Waals surface area (Å²) in [5, 5.41) is 4.02. The standard InChI is InChI=1S/C13H21N3OS/c1-3-16(11-12-7-4-5-8-14-12)13(18)15-9-6-10-17-2/h4-5,7-8H,3,6,9-11H2,1-2H3,(H,15,18). The summed E-state index contributed by atoms with van der Waals surface area (Å²) >= 11 is 5.37. The minimum Gasteiger partial charge on any atom is -0.385 e. The zero-order chi connectivity index (χ0) is 13.2. The summed E-state index contributed by atoms with van der Waals surface area (Å²) in [4.78, 5) is 6.41. The molecule has 4 nitrogen and oxygen atoms in total. The predicted octanol–water partition coefficient (Wildman–Crippen LogP) is 1.81. The monoisotopic (exact) mass is 267 g/mol. The highest BCUT2D eigenvalue weighted by atomic mass is 32.1. The minimum atomic E-state index is 0.744. The molecule has 1 aromatic heterocycles. The molecule has 1 N–H and O–H groups in total. The minimum absolute atomic E-state index is 0.744. The molecule has 18 heavy (non-hydrogen) atoms. The van der Waals surface area contributed by atoms with Gasteiger partial charge in [0.1, 0.15) is 0 Å². The fourth-order valence-corrected chi connectivity index (χ4v) is 1.83. The van der Waals surface area contributed by atoms with Crippen LogP contribution in [0.25, 0.3) is 0 Å². The molecule has 0 aliphatic carbocycles. The van der Waals surface area contributed by atoms with Crippen LogP contribution in [-0.4, -0.2) is 41.8 Å². The summed E-state index contributed by atoms with van der Waals surface area (Å²) in [6, 6.07) is 5.92. The van der Waals surface area contributed by atoms with Gasteiger partial charge in [-0.15, -0.1) is 0 Å². The van der Waals surface area contributed by atoms with Gasteiger partial charge in [0.15, 0.2) is 5.11 Å². The molecule has 5 heteroatoms. The molecule has 0 saturated heterocycles. The molecule has 0 aliphatic heterocycles. The molecule has 0 fully saturated rings. The van der Waals surface area contributed by atoms with E-state index in [0.29, 0.717) is 0 Å². The molecular weight excluding hydrogens is 246 g/mol.